The molecule has 1 unspecified atom stereocenters. The molecule has 0 aliphatic heterocycles. The number of benzene rings is 4. The van der Waals surface area contributed by atoms with E-state index in [4.69, 9.17) is 4.74 Å². The van der Waals surface area contributed by atoms with Crippen molar-refractivity contribution in [2.75, 3.05) is 6.61 Å². The van der Waals surface area contributed by atoms with Gasteiger partial charge in [0.05, 0.1) is 6.61 Å². The number of carbonyl (C=O) groups is 1. The summed E-state index contributed by atoms with van der Waals surface area (Å²) in [6.07, 6.45) is -2.68. The highest BCUT2D eigenvalue weighted by Gasteiger charge is 2.58. The standard InChI is InChI=1S/C35H29F3O2/c1-5-32(39)40-17-16-21-10-13-25-26-14-11-22(19-30(26)33(2,3)29(25)18-21)23-12-15-27-24-8-6-7-9-28(24)34(4,31(27)20-23)35(36,37)38/h5-15,18-20H,1,16-17H2,2-4H3. The van der Waals surface area contributed by atoms with E-state index in [-0.39, 0.29) is 12.0 Å². The first kappa shape index (κ1) is 26.1. The fourth-order valence-electron chi connectivity index (χ4n) is 6.42. The Hall–Kier alpha value is -4.12. The molecule has 0 heterocycles. The van der Waals surface area contributed by atoms with E-state index in [1.54, 1.807) is 30.3 Å². The van der Waals surface area contributed by atoms with Gasteiger partial charge in [-0.15, -0.1) is 0 Å². The average molecular weight is 539 g/mol. The predicted octanol–water partition coefficient (Wildman–Crippen LogP) is 8.78. The highest BCUT2D eigenvalue weighted by Crippen LogP contribution is 2.57. The van der Waals surface area contributed by atoms with Crippen molar-refractivity contribution in [3.8, 4) is 33.4 Å². The van der Waals surface area contributed by atoms with Crippen LogP contribution in [0.2, 0.25) is 0 Å². The van der Waals surface area contributed by atoms with Crippen LogP contribution >= 0.6 is 0 Å². The van der Waals surface area contributed by atoms with Gasteiger partial charge in [0.1, 0.15) is 5.41 Å². The molecule has 40 heavy (non-hydrogen) atoms. The summed E-state index contributed by atoms with van der Waals surface area (Å²) >= 11 is 0. The summed E-state index contributed by atoms with van der Waals surface area (Å²) in [5, 5.41) is 0. The summed E-state index contributed by atoms with van der Waals surface area (Å²) in [5.41, 5.74) is 6.82. The van der Waals surface area contributed by atoms with E-state index in [2.05, 4.69) is 50.8 Å². The Bertz CT molecular complexity index is 1700. The smallest absolute Gasteiger partial charge is 0.402 e. The number of ether oxygens (including phenoxy) is 1. The van der Waals surface area contributed by atoms with Gasteiger partial charge in [-0.2, -0.15) is 13.2 Å². The van der Waals surface area contributed by atoms with Crippen LogP contribution in [0.4, 0.5) is 13.2 Å². The number of rotatable bonds is 5. The quantitative estimate of drug-likeness (QED) is 0.188. The highest BCUT2D eigenvalue weighted by molar-refractivity contribution is 5.87. The molecule has 0 radical (unpaired) electrons. The largest absolute Gasteiger partial charge is 0.462 e. The molecule has 0 aromatic heterocycles. The fraction of sp³-hybridized carbons (Fsp3) is 0.229. The lowest BCUT2D eigenvalue weighted by Gasteiger charge is -2.30. The molecule has 4 aromatic carbocycles. The first-order chi connectivity index (χ1) is 19.0. The van der Waals surface area contributed by atoms with Crippen molar-refractivity contribution in [2.24, 2.45) is 0 Å². The molecule has 0 saturated carbocycles. The van der Waals surface area contributed by atoms with Crippen LogP contribution in [0.3, 0.4) is 0 Å². The van der Waals surface area contributed by atoms with Crippen LogP contribution in [0, 0.1) is 0 Å². The highest BCUT2D eigenvalue weighted by atomic mass is 19.4. The maximum Gasteiger partial charge on any atom is 0.402 e. The van der Waals surface area contributed by atoms with Gasteiger partial charge in [-0.1, -0.05) is 87.2 Å². The lowest BCUT2D eigenvalue weighted by atomic mass is 9.78. The zero-order valence-corrected chi connectivity index (χ0v) is 22.7. The van der Waals surface area contributed by atoms with Gasteiger partial charge in [-0.3, -0.25) is 0 Å². The molecule has 0 fully saturated rings. The van der Waals surface area contributed by atoms with Gasteiger partial charge in [0, 0.05) is 17.9 Å². The third kappa shape index (κ3) is 3.75. The molecule has 2 aliphatic carbocycles. The number of fused-ring (bicyclic) bond motifs is 6. The van der Waals surface area contributed by atoms with Crippen molar-refractivity contribution in [3.05, 3.63) is 119 Å². The van der Waals surface area contributed by atoms with E-state index in [1.165, 1.54) is 12.5 Å². The van der Waals surface area contributed by atoms with Crippen LogP contribution < -0.4 is 0 Å². The topological polar surface area (TPSA) is 26.3 Å². The van der Waals surface area contributed by atoms with E-state index < -0.39 is 17.6 Å². The van der Waals surface area contributed by atoms with E-state index >= 15 is 0 Å². The Morgan fingerprint density at radius 1 is 0.775 bits per heavy atom. The number of halogens is 3. The van der Waals surface area contributed by atoms with Crippen molar-refractivity contribution in [3.63, 3.8) is 0 Å². The predicted molar refractivity (Wildman–Crippen MR) is 152 cm³/mol. The SMILES string of the molecule is C=CC(=O)OCCc1ccc2c(c1)C(C)(C)c1cc(-c3ccc4c(c3)C(C)(C(F)(F)F)c3ccccc3-4)ccc1-2. The Balaban J connectivity index is 1.38. The van der Waals surface area contributed by atoms with Gasteiger partial charge < -0.3 is 4.74 Å². The molecule has 2 aliphatic rings. The number of hydrogen-bond donors (Lipinski definition) is 0. The number of esters is 1. The summed E-state index contributed by atoms with van der Waals surface area (Å²) < 4.78 is 49.0. The minimum atomic E-state index is -4.43. The first-order valence-electron chi connectivity index (χ1n) is 13.4. The van der Waals surface area contributed by atoms with Gasteiger partial charge in [-0.05, 0) is 80.3 Å². The number of hydrogen-bond acceptors (Lipinski definition) is 2. The molecule has 0 bridgehead atoms. The zero-order valence-electron chi connectivity index (χ0n) is 22.7. The molecule has 202 valence electrons. The van der Waals surface area contributed by atoms with E-state index in [9.17, 15) is 18.0 Å². The normalized spacial score (nSPS) is 17.9. The molecular weight excluding hydrogens is 509 g/mol. The van der Waals surface area contributed by atoms with Crippen molar-refractivity contribution in [2.45, 2.75) is 44.2 Å². The maximum absolute atomic E-state index is 14.6. The van der Waals surface area contributed by atoms with Gasteiger partial charge in [0.2, 0.25) is 0 Å². The molecule has 0 spiro atoms. The number of carbonyl (C=O) groups excluding carboxylic acids is 1. The van der Waals surface area contributed by atoms with Crippen molar-refractivity contribution in [1.82, 2.24) is 0 Å². The van der Waals surface area contributed by atoms with Crippen LogP contribution in [0.15, 0.2) is 91.5 Å². The zero-order chi connectivity index (χ0) is 28.4. The van der Waals surface area contributed by atoms with Gasteiger partial charge in [0.15, 0.2) is 0 Å². The first-order valence-corrected chi connectivity index (χ1v) is 13.4. The molecule has 2 nitrogen and oxygen atoms in total. The van der Waals surface area contributed by atoms with Crippen molar-refractivity contribution >= 4 is 5.97 Å². The average Bonchev–Trinajstić information content (AvgIpc) is 3.33. The Kier molecular flexibility index (Phi) is 5.85. The summed E-state index contributed by atoms with van der Waals surface area (Å²) in [6, 6.07) is 24.8. The third-order valence-corrected chi connectivity index (χ3v) is 8.76. The minimum absolute atomic E-state index is 0.278. The molecule has 6 rings (SSSR count). The van der Waals surface area contributed by atoms with Crippen LogP contribution in [-0.4, -0.2) is 18.8 Å². The summed E-state index contributed by atoms with van der Waals surface area (Å²) in [7, 11) is 0. The maximum atomic E-state index is 14.6. The fourth-order valence-corrected chi connectivity index (χ4v) is 6.42. The second kappa shape index (κ2) is 8.95. The number of alkyl halides is 3. The van der Waals surface area contributed by atoms with Gasteiger partial charge in [-0.25, -0.2) is 4.79 Å². The Labute approximate surface area is 232 Å². The van der Waals surface area contributed by atoms with Crippen molar-refractivity contribution in [1.29, 1.82) is 0 Å². The molecular formula is C35H29F3O2. The van der Waals surface area contributed by atoms with E-state index in [0.29, 0.717) is 28.7 Å². The molecule has 4 aromatic rings. The van der Waals surface area contributed by atoms with Gasteiger partial charge in [0.25, 0.3) is 0 Å². The monoisotopic (exact) mass is 538 g/mol. The molecule has 0 saturated heterocycles. The van der Waals surface area contributed by atoms with Crippen LogP contribution in [0.25, 0.3) is 33.4 Å². The second-order valence-electron chi connectivity index (χ2n) is 11.3. The van der Waals surface area contributed by atoms with Crippen LogP contribution in [0.5, 0.6) is 0 Å². The molecule has 1 atom stereocenters. The second-order valence-corrected chi connectivity index (χ2v) is 11.3. The molecule has 0 amide bonds. The lowest BCUT2D eigenvalue weighted by Crippen LogP contribution is -2.38. The minimum Gasteiger partial charge on any atom is -0.462 e. The summed E-state index contributed by atoms with van der Waals surface area (Å²) in [4.78, 5) is 11.4. The summed E-state index contributed by atoms with van der Waals surface area (Å²) in [6.45, 7) is 9.33. The Morgan fingerprint density at radius 2 is 1.32 bits per heavy atom. The van der Waals surface area contributed by atoms with Crippen LogP contribution in [-0.2, 0) is 26.8 Å². The molecule has 0 N–H and O–H groups in total. The van der Waals surface area contributed by atoms with Crippen LogP contribution in [0.1, 0.15) is 48.6 Å². The van der Waals surface area contributed by atoms with E-state index in [0.717, 1.165) is 39.5 Å². The summed E-state index contributed by atoms with van der Waals surface area (Å²) in [5.74, 6) is -0.438. The van der Waals surface area contributed by atoms with Gasteiger partial charge >= 0.3 is 12.1 Å². The molecule has 5 heteroatoms. The Morgan fingerprint density at radius 3 is 1.98 bits per heavy atom. The lowest BCUT2D eigenvalue weighted by molar-refractivity contribution is -0.172. The van der Waals surface area contributed by atoms with Crippen molar-refractivity contribution < 1.29 is 22.7 Å². The van der Waals surface area contributed by atoms with E-state index in [1.807, 2.05) is 18.2 Å². The third-order valence-electron chi connectivity index (χ3n) is 8.76.